The SMILES string of the molecule is O=C(NCc1ccc(SNC(=O)c2cc(Br)cc(C(F)(F)F)c2)cc1)c1ccc(-c2ccc(O)cc2)cc1. The topological polar surface area (TPSA) is 78.4 Å². The summed E-state index contributed by atoms with van der Waals surface area (Å²) < 4.78 is 41.7. The van der Waals surface area contributed by atoms with Crippen LogP contribution in [0.2, 0.25) is 0 Å². The zero-order chi connectivity index (χ0) is 27.3. The van der Waals surface area contributed by atoms with Gasteiger partial charge in [-0.05, 0) is 83.2 Å². The molecule has 3 N–H and O–H groups in total. The van der Waals surface area contributed by atoms with Crippen LogP contribution in [0.25, 0.3) is 11.1 Å². The van der Waals surface area contributed by atoms with Gasteiger partial charge in [-0.3, -0.25) is 14.3 Å². The molecule has 5 nitrogen and oxygen atoms in total. The van der Waals surface area contributed by atoms with E-state index in [4.69, 9.17) is 0 Å². The maximum Gasteiger partial charge on any atom is 0.416 e. The first-order valence-corrected chi connectivity index (χ1v) is 12.8. The lowest BCUT2D eigenvalue weighted by molar-refractivity contribution is -0.137. The Hall–Kier alpha value is -3.76. The molecule has 10 heteroatoms. The summed E-state index contributed by atoms with van der Waals surface area (Å²) in [6.07, 6.45) is -4.56. The van der Waals surface area contributed by atoms with Crippen LogP contribution in [0.1, 0.15) is 31.8 Å². The molecule has 0 fully saturated rings. The van der Waals surface area contributed by atoms with E-state index in [0.29, 0.717) is 10.5 Å². The summed E-state index contributed by atoms with van der Waals surface area (Å²) in [5, 5.41) is 12.3. The highest BCUT2D eigenvalue weighted by atomic mass is 79.9. The highest BCUT2D eigenvalue weighted by Crippen LogP contribution is 2.32. The fourth-order valence-electron chi connectivity index (χ4n) is 3.48. The van der Waals surface area contributed by atoms with Crippen molar-refractivity contribution < 1.29 is 27.9 Å². The van der Waals surface area contributed by atoms with Crippen molar-refractivity contribution in [2.75, 3.05) is 0 Å². The minimum atomic E-state index is -4.56. The molecule has 0 atom stereocenters. The second kappa shape index (κ2) is 11.7. The van der Waals surface area contributed by atoms with Gasteiger partial charge in [0.05, 0.1) is 5.56 Å². The third-order valence-corrected chi connectivity index (χ3v) is 6.73. The number of phenolic OH excluding ortho intramolecular Hbond substituents is 1. The monoisotopic (exact) mass is 600 g/mol. The van der Waals surface area contributed by atoms with Crippen molar-refractivity contribution in [3.05, 3.63) is 118 Å². The van der Waals surface area contributed by atoms with Gasteiger partial charge < -0.3 is 10.4 Å². The Morgan fingerprint density at radius 2 is 1.39 bits per heavy atom. The third kappa shape index (κ3) is 7.17. The van der Waals surface area contributed by atoms with Gasteiger partial charge >= 0.3 is 6.18 Å². The zero-order valence-electron chi connectivity index (χ0n) is 19.6. The minimum Gasteiger partial charge on any atom is -0.508 e. The van der Waals surface area contributed by atoms with Crippen molar-refractivity contribution in [1.29, 1.82) is 0 Å². The van der Waals surface area contributed by atoms with Crippen LogP contribution in [0, 0.1) is 0 Å². The molecule has 2 amide bonds. The molecule has 194 valence electrons. The molecule has 0 aliphatic carbocycles. The molecule has 4 rings (SSSR count). The zero-order valence-corrected chi connectivity index (χ0v) is 22.0. The largest absolute Gasteiger partial charge is 0.508 e. The number of hydrogen-bond donors (Lipinski definition) is 3. The number of aromatic hydroxyl groups is 1. The quantitative estimate of drug-likeness (QED) is 0.196. The Labute approximate surface area is 229 Å². The average molecular weight is 601 g/mol. The van der Waals surface area contributed by atoms with Crippen LogP contribution in [0.4, 0.5) is 13.2 Å². The van der Waals surface area contributed by atoms with Crippen LogP contribution < -0.4 is 10.0 Å². The van der Waals surface area contributed by atoms with E-state index in [1.165, 1.54) is 6.07 Å². The van der Waals surface area contributed by atoms with Gasteiger partial charge in [-0.1, -0.05) is 52.3 Å². The molecule has 0 aliphatic rings. The molecule has 0 heterocycles. The number of halogens is 4. The molecule has 0 spiro atoms. The summed E-state index contributed by atoms with van der Waals surface area (Å²) in [7, 11) is 0. The smallest absolute Gasteiger partial charge is 0.416 e. The fourth-order valence-corrected chi connectivity index (χ4v) is 4.57. The molecule has 0 aromatic heterocycles. The summed E-state index contributed by atoms with van der Waals surface area (Å²) >= 11 is 3.98. The maximum absolute atomic E-state index is 13.0. The number of amides is 2. The molecule has 0 unspecified atom stereocenters. The van der Waals surface area contributed by atoms with E-state index in [-0.39, 0.29) is 28.2 Å². The second-order valence-electron chi connectivity index (χ2n) is 8.21. The predicted molar refractivity (Wildman–Crippen MR) is 144 cm³/mol. The van der Waals surface area contributed by atoms with Crippen molar-refractivity contribution in [3.8, 4) is 16.9 Å². The van der Waals surface area contributed by atoms with Crippen molar-refractivity contribution in [3.63, 3.8) is 0 Å². The Kier molecular flexibility index (Phi) is 8.43. The van der Waals surface area contributed by atoms with E-state index in [2.05, 4.69) is 26.0 Å². The van der Waals surface area contributed by atoms with E-state index in [1.807, 2.05) is 12.1 Å². The fraction of sp³-hybridized carbons (Fsp3) is 0.0714. The van der Waals surface area contributed by atoms with Crippen molar-refractivity contribution in [1.82, 2.24) is 10.0 Å². The predicted octanol–water partition coefficient (Wildman–Crippen LogP) is 7.21. The number of hydrogen-bond acceptors (Lipinski definition) is 4. The van der Waals surface area contributed by atoms with Crippen LogP contribution in [-0.4, -0.2) is 16.9 Å². The number of alkyl halides is 3. The average Bonchev–Trinajstić information content (AvgIpc) is 2.90. The van der Waals surface area contributed by atoms with E-state index >= 15 is 0 Å². The molecule has 4 aromatic carbocycles. The lowest BCUT2D eigenvalue weighted by Crippen LogP contribution is -2.22. The summed E-state index contributed by atoms with van der Waals surface area (Å²) in [6, 6.07) is 24.0. The van der Waals surface area contributed by atoms with Gasteiger partial charge in [0.2, 0.25) is 0 Å². The molecule has 0 bridgehead atoms. The Bertz CT molecular complexity index is 1440. The van der Waals surface area contributed by atoms with Gasteiger partial charge in [0, 0.05) is 27.0 Å². The Balaban J connectivity index is 1.29. The maximum atomic E-state index is 13.0. The Morgan fingerprint density at radius 1 is 0.789 bits per heavy atom. The molecular weight excluding hydrogens is 581 g/mol. The van der Waals surface area contributed by atoms with Gasteiger partial charge in [0.15, 0.2) is 0 Å². The van der Waals surface area contributed by atoms with Gasteiger partial charge in [-0.25, -0.2) is 0 Å². The third-order valence-electron chi connectivity index (χ3n) is 5.47. The van der Waals surface area contributed by atoms with E-state index in [9.17, 15) is 27.9 Å². The summed E-state index contributed by atoms with van der Waals surface area (Å²) in [6.45, 7) is 0.286. The molecule has 0 saturated heterocycles. The van der Waals surface area contributed by atoms with E-state index in [1.54, 1.807) is 60.7 Å². The standard InChI is InChI=1S/C28H20BrF3N2O3S/c29-23-14-21(13-22(15-23)28(30,31)32)27(37)34-38-25-11-1-17(2-12-25)16-33-26(36)20-5-3-18(4-6-20)19-7-9-24(35)10-8-19/h1-15,35H,16H2,(H,33,36)(H,34,37). The summed E-state index contributed by atoms with van der Waals surface area (Å²) in [5.41, 5.74) is 2.14. The van der Waals surface area contributed by atoms with E-state index in [0.717, 1.165) is 40.8 Å². The minimum absolute atomic E-state index is 0.116. The van der Waals surface area contributed by atoms with Crippen LogP contribution in [0.5, 0.6) is 5.75 Å². The van der Waals surface area contributed by atoms with Crippen LogP contribution in [0.15, 0.2) is 100 Å². The van der Waals surface area contributed by atoms with Crippen molar-refractivity contribution in [2.24, 2.45) is 0 Å². The number of carbonyl (C=O) groups excluding carboxylic acids is 2. The van der Waals surface area contributed by atoms with Gasteiger partial charge in [0.25, 0.3) is 11.8 Å². The molecular formula is C28H20BrF3N2O3S. The summed E-state index contributed by atoms with van der Waals surface area (Å²) in [4.78, 5) is 25.6. The number of carbonyl (C=O) groups is 2. The highest BCUT2D eigenvalue weighted by molar-refractivity contribution is 9.10. The second-order valence-corrected chi connectivity index (χ2v) is 10.0. The van der Waals surface area contributed by atoms with Crippen molar-refractivity contribution in [2.45, 2.75) is 17.6 Å². The Morgan fingerprint density at radius 3 is 2.00 bits per heavy atom. The molecule has 38 heavy (non-hydrogen) atoms. The first kappa shape index (κ1) is 27.3. The summed E-state index contributed by atoms with van der Waals surface area (Å²) in [5.74, 6) is -0.709. The first-order valence-electron chi connectivity index (χ1n) is 11.2. The molecule has 0 radical (unpaired) electrons. The molecule has 0 aliphatic heterocycles. The number of benzene rings is 4. The normalized spacial score (nSPS) is 11.2. The number of phenols is 1. The molecule has 0 saturated carbocycles. The number of rotatable bonds is 7. The molecule has 4 aromatic rings. The van der Waals surface area contributed by atoms with Gasteiger partial charge in [0.1, 0.15) is 5.75 Å². The first-order chi connectivity index (χ1) is 18.1. The van der Waals surface area contributed by atoms with Gasteiger partial charge in [-0.2, -0.15) is 13.2 Å². The van der Waals surface area contributed by atoms with Crippen LogP contribution in [0.3, 0.4) is 0 Å². The lowest BCUT2D eigenvalue weighted by Gasteiger charge is -2.10. The highest BCUT2D eigenvalue weighted by Gasteiger charge is 2.31. The van der Waals surface area contributed by atoms with E-state index < -0.39 is 17.6 Å². The van der Waals surface area contributed by atoms with Crippen molar-refractivity contribution >= 4 is 39.7 Å². The number of nitrogens with one attached hydrogen (secondary N) is 2. The lowest BCUT2D eigenvalue weighted by atomic mass is 10.0. The van der Waals surface area contributed by atoms with Crippen LogP contribution >= 0.6 is 27.9 Å². The van der Waals surface area contributed by atoms with Gasteiger partial charge in [-0.15, -0.1) is 0 Å². The van der Waals surface area contributed by atoms with Crippen LogP contribution in [-0.2, 0) is 12.7 Å².